The van der Waals surface area contributed by atoms with E-state index in [2.05, 4.69) is 6.92 Å². The third-order valence-corrected chi connectivity index (χ3v) is 9.97. The van der Waals surface area contributed by atoms with Gasteiger partial charge in [-0.15, -0.1) is 0 Å². The molecule has 0 N–H and O–H groups in total. The summed E-state index contributed by atoms with van der Waals surface area (Å²) in [6, 6.07) is 0. The summed E-state index contributed by atoms with van der Waals surface area (Å²) < 4.78 is 0. The van der Waals surface area contributed by atoms with Crippen LogP contribution in [0.5, 0.6) is 0 Å². The minimum absolute atomic E-state index is 0.725. The maximum Gasteiger partial charge on any atom is -0.0205 e. The van der Waals surface area contributed by atoms with Gasteiger partial charge in [0.05, 0.1) is 0 Å². The Bertz CT molecular complexity index is 421. The highest BCUT2D eigenvalue weighted by Crippen LogP contribution is 2.75. The Morgan fingerprint density at radius 3 is 1.65 bits per heavy atom. The summed E-state index contributed by atoms with van der Waals surface area (Å²) in [6.45, 7) is 2.85. The van der Waals surface area contributed by atoms with E-state index in [1.165, 1.54) is 12.8 Å². The van der Waals surface area contributed by atoms with E-state index in [1.54, 1.807) is 83.5 Å². The van der Waals surface area contributed by atoms with Gasteiger partial charge in [-0.1, -0.05) is 45.4 Å². The van der Waals surface area contributed by atoms with E-state index in [0.717, 1.165) is 40.4 Å². The van der Waals surface area contributed by atoms with Crippen molar-refractivity contribution in [1.29, 1.82) is 0 Å². The fraction of sp³-hybridized carbons (Fsp3) is 1.00. The van der Waals surface area contributed by atoms with Crippen molar-refractivity contribution >= 4 is 0 Å². The molecule has 6 aliphatic rings. The molecular weight excluding hydrogens is 276 g/mol. The van der Waals surface area contributed by atoms with E-state index in [0.29, 0.717) is 0 Å². The van der Waals surface area contributed by atoms with Gasteiger partial charge in [-0.05, 0) is 98.2 Å². The average Bonchev–Trinajstić information content (AvgIpc) is 2.60. The SMILES string of the molecule is CC1(C2CCCCC2)C2CC3CC(C2)CC1(C1CCCCC1)C3. The van der Waals surface area contributed by atoms with Crippen molar-refractivity contribution in [3.05, 3.63) is 0 Å². The first-order valence-corrected chi connectivity index (χ1v) is 11.2. The summed E-state index contributed by atoms with van der Waals surface area (Å²) in [5.41, 5.74) is 1.51. The lowest BCUT2D eigenvalue weighted by molar-refractivity contribution is -0.229. The molecule has 0 heterocycles. The van der Waals surface area contributed by atoms with Crippen molar-refractivity contribution in [3.8, 4) is 0 Å². The zero-order valence-electron chi connectivity index (χ0n) is 15.5. The molecule has 0 aromatic heterocycles. The van der Waals surface area contributed by atoms with Crippen LogP contribution in [0, 0.1) is 40.4 Å². The Hall–Kier alpha value is 0. The maximum absolute atomic E-state index is 2.85. The molecule has 6 rings (SSSR count). The summed E-state index contributed by atoms with van der Waals surface area (Å²) in [7, 11) is 0. The fourth-order valence-corrected chi connectivity index (χ4v) is 9.22. The predicted molar refractivity (Wildman–Crippen MR) is 97.2 cm³/mol. The molecule has 3 unspecified atom stereocenters. The van der Waals surface area contributed by atoms with E-state index in [-0.39, 0.29) is 0 Å². The van der Waals surface area contributed by atoms with Gasteiger partial charge in [-0.3, -0.25) is 0 Å². The molecular formula is C23H38. The minimum Gasteiger partial charge on any atom is -0.0586 e. The van der Waals surface area contributed by atoms with Crippen LogP contribution in [0.15, 0.2) is 0 Å². The van der Waals surface area contributed by atoms with Gasteiger partial charge in [0.2, 0.25) is 0 Å². The van der Waals surface area contributed by atoms with Crippen molar-refractivity contribution in [3.63, 3.8) is 0 Å². The topological polar surface area (TPSA) is 0 Å². The molecule has 0 aliphatic heterocycles. The molecule has 0 amide bonds. The molecule has 0 aromatic carbocycles. The highest BCUT2D eigenvalue weighted by atomic mass is 14.7. The molecule has 23 heavy (non-hydrogen) atoms. The highest BCUT2D eigenvalue weighted by Gasteiger charge is 2.66. The fourth-order valence-electron chi connectivity index (χ4n) is 9.22. The van der Waals surface area contributed by atoms with Gasteiger partial charge in [-0.25, -0.2) is 0 Å². The zero-order chi connectivity index (χ0) is 15.5. The first-order chi connectivity index (χ1) is 11.2. The lowest BCUT2D eigenvalue weighted by Gasteiger charge is -2.72. The lowest BCUT2D eigenvalue weighted by atomic mass is 9.33. The Kier molecular flexibility index (Phi) is 3.65. The van der Waals surface area contributed by atoms with Crippen molar-refractivity contribution < 1.29 is 0 Å². The second-order valence-electron chi connectivity index (χ2n) is 10.7. The van der Waals surface area contributed by atoms with Crippen LogP contribution in [0.4, 0.5) is 0 Å². The van der Waals surface area contributed by atoms with Gasteiger partial charge < -0.3 is 0 Å². The normalized spacial score (nSPS) is 51.3. The molecule has 6 fully saturated rings. The van der Waals surface area contributed by atoms with E-state index in [4.69, 9.17) is 0 Å². The molecule has 0 nitrogen and oxygen atoms in total. The van der Waals surface area contributed by atoms with E-state index in [1.807, 2.05) is 0 Å². The van der Waals surface area contributed by atoms with Gasteiger partial charge >= 0.3 is 0 Å². The Morgan fingerprint density at radius 2 is 1.09 bits per heavy atom. The molecule has 0 saturated heterocycles. The largest absolute Gasteiger partial charge is 0.0586 e. The maximum atomic E-state index is 2.85. The van der Waals surface area contributed by atoms with Crippen molar-refractivity contribution in [1.82, 2.24) is 0 Å². The summed E-state index contributed by atoms with van der Waals surface area (Å²) in [5.74, 6) is 5.57. The van der Waals surface area contributed by atoms with Crippen LogP contribution in [0.25, 0.3) is 0 Å². The van der Waals surface area contributed by atoms with Crippen LogP contribution in [0.2, 0.25) is 0 Å². The summed E-state index contributed by atoms with van der Waals surface area (Å²) >= 11 is 0. The van der Waals surface area contributed by atoms with Crippen LogP contribution in [0.3, 0.4) is 0 Å². The third-order valence-electron chi connectivity index (χ3n) is 9.97. The van der Waals surface area contributed by atoms with Crippen molar-refractivity contribution in [2.45, 2.75) is 103 Å². The van der Waals surface area contributed by atoms with Crippen molar-refractivity contribution in [2.24, 2.45) is 40.4 Å². The van der Waals surface area contributed by atoms with E-state index >= 15 is 0 Å². The summed E-state index contributed by atoms with van der Waals surface area (Å²) in [4.78, 5) is 0. The molecule has 0 heteroatoms. The molecule has 4 bridgehead atoms. The van der Waals surface area contributed by atoms with Gasteiger partial charge in [0.25, 0.3) is 0 Å². The Labute approximate surface area is 144 Å². The number of hydrogen-bond donors (Lipinski definition) is 0. The van der Waals surface area contributed by atoms with Crippen LogP contribution >= 0.6 is 0 Å². The number of hydrogen-bond acceptors (Lipinski definition) is 0. The monoisotopic (exact) mass is 314 g/mol. The average molecular weight is 315 g/mol. The Balaban J connectivity index is 1.55. The predicted octanol–water partition coefficient (Wildman–Crippen LogP) is 6.98. The van der Waals surface area contributed by atoms with Crippen LogP contribution in [-0.4, -0.2) is 0 Å². The summed E-state index contributed by atoms with van der Waals surface area (Å²) in [6.07, 6.45) is 23.7. The molecule has 0 aromatic rings. The van der Waals surface area contributed by atoms with Gasteiger partial charge in [0, 0.05) is 0 Å². The zero-order valence-corrected chi connectivity index (χ0v) is 15.5. The van der Waals surface area contributed by atoms with E-state index in [9.17, 15) is 0 Å². The van der Waals surface area contributed by atoms with Crippen LogP contribution in [0.1, 0.15) is 103 Å². The molecule has 0 spiro atoms. The lowest BCUT2D eigenvalue weighted by Crippen LogP contribution is -2.64. The first kappa shape index (κ1) is 15.3. The van der Waals surface area contributed by atoms with Gasteiger partial charge in [0.1, 0.15) is 0 Å². The van der Waals surface area contributed by atoms with Crippen molar-refractivity contribution in [2.75, 3.05) is 0 Å². The van der Waals surface area contributed by atoms with Crippen LogP contribution in [-0.2, 0) is 0 Å². The molecule has 0 radical (unpaired) electrons. The standard InChI is InChI=1S/C23H38/c1-22(19-8-4-2-5-9-19)21-13-17-12-18(14-21)16-23(22,15-17)20-10-6-3-7-11-20/h17-21H,2-16H2,1H3. The second-order valence-corrected chi connectivity index (χ2v) is 10.7. The molecule has 6 aliphatic carbocycles. The quantitative estimate of drug-likeness (QED) is 0.515. The first-order valence-electron chi connectivity index (χ1n) is 11.2. The molecule has 3 atom stereocenters. The Morgan fingerprint density at radius 1 is 0.565 bits per heavy atom. The minimum atomic E-state index is 0.725. The molecule has 6 saturated carbocycles. The van der Waals surface area contributed by atoms with Gasteiger partial charge in [0.15, 0.2) is 0 Å². The number of rotatable bonds is 2. The van der Waals surface area contributed by atoms with Gasteiger partial charge in [-0.2, -0.15) is 0 Å². The smallest absolute Gasteiger partial charge is 0.0205 e. The molecule has 130 valence electrons. The van der Waals surface area contributed by atoms with Crippen LogP contribution < -0.4 is 0 Å². The van der Waals surface area contributed by atoms with E-state index < -0.39 is 0 Å². The summed E-state index contributed by atoms with van der Waals surface area (Å²) in [5, 5.41) is 0. The highest BCUT2D eigenvalue weighted by molar-refractivity contribution is 5.15. The second kappa shape index (κ2) is 5.50. The third kappa shape index (κ3) is 2.08.